The molecule has 6 heteroatoms. The number of aromatic nitrogens is 2. The molecule has 0 saturated heterocycles. The zero-order chi connectivity index (χ0) is 22.1. The summed E-state index contributed by atoms with van der Waals surface area (Å²) in [6.07, 6.45) is 6.39. The third-order valence-corrected chi connectivity index (χ3v) is 7.68. The number of sulfone groups is 1. The Hall–Kier alpha value is -3.38. The van der Waals surface area contributed by atoms with E-state index in [1.54, 1.807) is 42.7 Å². The summed E-state index contributed by atoms with van der Waals surface area (Å²) in [7, 11) is -3.46. The molecule has 1 aliphatic carbocycles. The molecule has 4 aromatic rings. The van der Waals surface area contributed by atoms with E-state index in [1.165, 1.54) is 0 Å². The van der Waals surface area contributed by atoms with E-state index in [-0.39, 0.29) is 28.3 Å². The Kier molecular flexibility index (Phi) is 5.31. The normalized spacial score (nSPS) is 17.9. The van der Waals surface area contributed by atoms with Crippen LogP contribution in [0.2, 0.25) is 0 Å². The van der Waals surface area contributed by atoms with Gasteiger partial charge in [0, 0.05) is 36.3 Å². The zero-order valence-electron chi connectivity index (χ0n) is 17.4. The molecule has 0 aliphatic heterocycles. The zero-order valence-corrected chi connectivity index (χ0v) is 18.2. The Morgan fingerprint density at radius 3 is 2.56 bits per heavy atom. The van der Waals surface area contributed by atoms with E-state index in [0.717, 1.165) is 28.3 Å². The largest absolute Gasteiger partial charge is 0.299 e. The molecule has 1 fully saturated rings. The Morgan fingerprint density at radius 1 is 0.938 bits per heavy atom. The number of hydrogen-bond acceptors (Lipinski definition) is 5. The van der Waals surface area contributed by atoms with Crippen LogP contribution in [0.5, 0.6) is 0 Å². The Bertz CT molecular complexity index is 1380. The summed E-state index contributed by atoms with van der Waals surface area (Å²) >= 11 is 0. The van der Waals surface area contributed by atoms with Gasteiger partial charge in [-0.25, -0.2) is 8.42 Å². The number of rotatable bonds is 7. The topological polar surface area (TPSA) is 77.0 Å². The van der Waals surface area contributed by atoms with Crippen LogP contribution in [0.4, 0.5) is 0 Å². The molecule has 0 bridgehead atoms. The lowest BCUT2D eigenvalue weighted by atomic mass is 10.0. The van der Waals surface area contributed by atoms with Crippen molar-refractivity contribution in [1.29, 1.82) is 0 Å². The summed E-state index contributed by atoms with van der Waals surface area (Å²) in [4.78, 5) is 21.3. The van der Waals surface area contributed by atoms with Gasteiger partial charge in [-0.05, 0) is 59.2 Å². The molecule has 1 aliphatic rings. The van der Waals surface area contributed by atoms with Gasteiger partial charge in [-0.1, -0.05) is 36.4 Å². The summed E-state index contributed by atoms with van der Waals surface area (Å²) in [6.45, 7) is 0. The maximum absolute atomic E-state index is 12.8. The third-order valence-electron chi connectivity index (χ3n) is 6.02. The Balaban J connectivity index is 1.24. The predicted molar refractivity (Wildman–Crippen MR) is 123 cm³/mol. The first-order valence-electron chi connectivity index (χ1n) is 10.6. The van der Waals surface area contributed by atoms with Crippen LogP contribution in [0.1, 0.15) is 29.2 Å². The molecule has 0 spiro atoms. The average Bonchev–Trinajstić information content (AvgIpc) is 3.61. The van der Waals surface area contributed by atoms with Gasteiger partial charge in [-0.2, -0.15) is 0 Å². The van der Waals surface area contributed by atoms with Gasteiger partial charge >= 0.3 is 0 Å². The molecule has 2 unspecified atom stereocenters. The summed E-state index contributed by atoms with van der Waals surface area (Å²) < 4.78 is 25.3. The minimum Gasteiger partial charge on any atom is -0.299 e. The lowest BCUT2D eigenvalue weighted by Gasteiger charge is -2.06. The number of fused-ring (bicyclic) bond motifs is 1. The number of carbonyl (C=O) groups excluding carboxylic acids is 1. The lowest BCUT2D eigenvalue weighted by molar-refractivity contribution is -0.119. The molecule has 0 N–H and O–H groups in total. The monoisotopic (exact) mass is 442 g/mol. The Labute approximate surface area is 187 Å². The third kappa shape index (κ3) is 4.32. The van der Waals surface area contributed by atoms with Crippen LogP contribution in [-0.2, 0) is 26.8 Å². The SMILES string of the molecule is O=C(Cc1ccc2cnccc2c1)C1CC1c1ccc(S(=O)(=O)Cc2ccccn2)cc1. The molecule has 32 heavy (non-hydrogen) atoms. The second kappa shape index (κ2) is 8.28. The number of ketones is 1. The van der Waals surface area contributed by atoms with Crippen LogP contribution in [0, 0.1) is 5.92 Å². The van der Waals surface area contributed by atoms with Gasteiger partial charge in [0.25, 0.3) is 0 Å². The molecule has 2 heterocycles. The highest BCUT2D eigenvalue weighted by molar-refractivity contribution is 7.90. The van der Waals surface area contributed by atoms with Crippen molar-refractivity contribution in [2.75, 3.05) is 0 Å². The summed E-state index contributed by atoms with van der Waals surface area (Å²) in [5.41, 5.74) is 2.55. The average molecular weight is 443 g/mol. The number of nitrogens with zero attached hydrogens (tertiary/aromatic N) is 2. The maximum Gasteiger partial charge on any atom is 0.184 e. The molecule has 5 nitrogen and oxygen atoms in total. The summed E-state index contributed by atoms with van der Waals surface area (Å²) in [5.74, 6) is 0.272. The molecular weight excluding hydrogens is 420 g/mol. The standard InChI is InChI=1S/C26H22N2O3S/c29-26(14-18-4-5-21-16-27-12-10-20(21)13-18)25-15-24(25)19-6-8-23(9-7-19)32(30,31)17-22-3-1-2-11-28-22/h1-13,16,24-25H,14-15,17H2. The van der Waals surface area contributed by atoms with E-state index in [4.69, 9.17) is 0 Å². The van der Waals surface area contributed by atoms with Gasteiger partial charge in [0.2, 0.25) is 0 Å². The van der Waals surface area contributed by atoms with Crippen molar-refractivity contribution in [1.82, 2.24) is 9.97 Å². The highest BCUT2D eigenvalue weighted by Gasteiger charge is 2.43. The van der Waals surface area contributed by atoms with Gasteiger partial charge in [0.05, 0.1) is 16.3 Å². The predicted octanol–water partition coefficient (Wildman–Crippen LogP) is 4.52. The van der Waals surface area contributed by atoms with Gasteiger partial charge in [-0.15, -0.1) is 0 Å². The molecule has 0 radical (unpaired) electrons. The van der Waals surface area contributed by atoms with Crippen LogP contribution in [0.25, 0.3) is 10.8 Å². The molecule has 1 saturated carbocycles. The number of Topliss-reactive ketones (excluding diaryl/α,β-unsaturated/α-hetero) is 1. The summed E-state index contributed by atoms with van der Waals surface area (Å²) in [5, 5.41) is 2.14. The van der Waals surface area contributed by atoms with Crippen molar-refractivity contribution in [3.8, 4) is 0 Å². The molecule has 2 atom stereocenters. The van der Waals surface area contributed by atoms with Gasteiger partial charge in [0.1, 0.15) is 5.78 Å². The number of pyridine rings is 2. The number of carbonyl (C=O) groups is 1. The number of hydrogen-bond donors (Lipinski definition) is 0. The van der Waals surface area contributed by atoms with E-state index < -0.39 is 9.84 Å². The van der Waals surface area contributed by atoms with Crippen LogP contribution >= 0.6 is 0 Å². The molecule has 160 valence electrons. The number of benzene rings is 2. The van der Waals surface area contributed by atoms with Crippen molar-refractivity contribution in [2.45, 2.75) is 29.4 Å². The minimum atomic E-state index is -3.46. The van der Waals surface area contributed by atoms with Gasteiger partial charge in [-0.3, -0.25) is 14.8 Å². The van der Waals surface area contributed by atoms with E-state index >= 15 is 0 Å². The van der Waals surface area contributed by atoms with Gasteiger partial charge < -0.3 is 0 Å². The second-order valence-electron chi connectivity index (χ2n) is 8.30. The van der Waals surface area contributed by atoms with Crippen LogP contribution in [0.15, 0.2) is 90.2 Å². The van der Waals surface area contributed by atoms with Crippen molar-refractivity contribution < 1.29 is 13.2 Å². The fourth-order valence-electron chi connectivity index (χ4n) is 4.18. The van der Waals surface area contributed by atoms with Crippen molar-refractivity contribution in [3.05, 3.63) is 102 Å². The highest BCUT2D eigenvalue weighted by atomic mass is 32.2. The van der Waals surface area contributed by atoms with Crippen molar-refractivity contribution in [3.63, 3.8) is 0 Å². The van der Waals surface area contributed by atoms with Gasteiger partial charge in [0.15, 0.2) is 9.84 Å². The van der Waals surface area contributed by atoms with Crippen molar-refractivity contribution >= 4 is 26.4 Å². The molecule has 0 amide bonds. The van der Waals surface area contributed by atoms with Crippen LogP contribution in [-0.4, -0.2) is 24.2 Å². The minimum absolute atomic E-state index is 0.000821. The summed E-state index contributed by atoms with van der Waals surface area (Å²) in [6, 6.07) is 20.2. The first-order chi connectivity index (χ1) is 15.5. The first kappa shape index (κ1) is 20.5. The molecular formula is C26H22N2O3S. The molecule has 5 rings (SSSR count). The fraction of sp³-hybridized carbons (Fsp3) is 0.192. The fourth-order valence-corrected chi connectivity index (χ4v) is 5.46. The molecule has 2 aromatic heterocycles. The quantitative estimate of drug-likeness (QED) is 0.421. The van der Waals surface area contributed by atoms with Crippen LogP contribution < -0.4 is 0 Å². The second-order valence-corrected chi connectivity index (χ2v) is 10.3. The first-order valence-corrected chi connectivity index (χ1v) is 12.2. The Morgan fingerprint density at radius 2 is 1.78 bits per heavy atom. The van der Waals surface area contributed by atoms with E-state index in [2.05, 4.69) is 9.97 Å². The van der Waals surface area contributed by atoms with E-state index in [1.807, 2.05) is 42.6 Å². The lowest BCUT2D eigenvalue weighted by Crippen LogP contribution is -2.07. The molecule has 2 aromatic carbocycles. The van der Waals surface area contributed by atoms with E-state index in [0.29, 0.717) is 12.1 Å². The van der Waals surface area contributed by atoms with Crippen LogP contribution in [0.3, 0.4) is 0 Å². The maximum atomic E-state index is 12.8. The van der Waals surface area contributed by atoms with E-state index in [9.17, 15) is 13.2 Å². The highest BCUT2D eigenvalue weighted by Crippen LogP contribution is 2.48. The smallest absolute Gasteiger partial charge is 0.184 e. The van der Waals surface area contributed by atoms with Crippen molar-refractivity contribution in [2.24, 2.45) is 5.92 Å².